The Hall–Kier alpha value is -1.61. The van der Waals surface area contributed by atoms with Crippen molar-refractivity contribution in [2.75, 3.05) is 22.9 Å². The van der Waals surface area contributed by atoms with Crippen molar-refractivity contribution in [3.8, 4) is 0 Å². The molecule has 0 saturated carbocycles. The third kappa shape index (κ3) is 7.94. The van der Waals surface area contributed by atoms with Gasteiger partial charge in [0, 0.05) is 49.3 Å². The third-order valence-corrected chi connectivity index (χ3v) is 8.43. The summed E-state index contributed by atoms with van der Waals surface area (Å²) in [6.07, 6.45) is 1.10. The number of rotatable bonds is 10. The minimum Gasteiger partial charge on any atom is -0.351 e. The molecule has 11 heteroatoms. The molecule has 35 heavy (non-hydrogen) atoms. The summed E-state index contributed by atoms with van der Waals surface area (Å²) in [7, 11) is -3.64. The molecule has 186 valence electrons. The molecule has 3 rings (SSSR count). The Kier molecular flexibility index (Phi) is 10.0. The Morgan fingerprint density at radius 3 is 2.20 bits per heavy atom. The third-order valence-electron chi connectivity index (χ3n) is 4.99. The van der Waals surface area contributed by atoms with Crippen LogP contribution in [0.3, 0.4) is 0 Å². The van der Waals surface area contributed by atoms with Gasteiger partial charge in [0.05, 0.1) is 18.5 Å². The monoisotopic (exact) mass is 590 g/mol. The zero-order valence-corrected chi connectivity index (χ0v) is 23.3. The number of carbonyl (C=O) groups is 1. The molecule has 0 radical (unpaired) electrons. The van der Waals surface area contributed by atoms with Crippen LogP contribution in [-0.4, -0.2) is 32.9 Å². The van der Waals surface area contributed by atoms with Crippen LogP contribution in [0.2, 0.25) is 20.1 Å². The van der Waals surface area contributed by atoms with E-state index in [1.54, 1.807) is 66.4 Å². The minimum atomic E-state index is -3.64. The topological polar surface area (TPSA) is 66.5 Å². The summed E-state index contributed by atoms with van der Waals surface area (Å²) >= 11 is 26.2. The highest BCUT2D eigenvalue weighted by molar-refractivity contribution is 7.98. The number of hydrogen-bond acceptors (Lipinski definition) is 4. The van der Waals surface area contributed by atoms with Crippen molar-refractivity contribution in [3.63, 3.8) is 0 Å². The zero-order chi connectivity index (χ0) is 25.6. The van der Waals surface area contributed by atoms with Gasteiger partial charge in [-0.25, -0.2) is 8.42 Å². The molecule has 0 unspecified atom stereocenters. The highest BCUT2D eigenvalue weighted by atomic mass is 35.5. The van der Waals surface area contributed by atoms with E-state index in [2.05, 4.69) is 5.32 Å². The smallest absolute Gasteiger partial charge is 0.251 e. The summed E-state index contributed by atoms with van der Waals surface area (Å²) in [5, 5.41) is 4.82. The first-order valence-corrected chi connectivity index (χ1v) is 14.9. The van der Waals surface area contributed by atoms with Crippen molar-refractivity contribution in [2.45, 2.75) is 12.3 Å². The molecule has 0 aliphatic carbocycles. The SMILES string of the molecule is CS(=O)(=O)N(Cc1c(Cl)cccc1Cl)c1ccc(C(=O)NCCSCc2ccc(Cl)cc2Cl)cc1. The fourth-order valence-electron chi connectivity index (χ4n) is 3.17. The van der Waals surface area contributed by atoms with Gasteiger partial charge in [-0.2, -0.15) is 11.8 Å². The molecule has 0 saturated heterocycles. The average molecular weight is 592 g/mol. The van der Waals surface area contributed by atoms with Gasteiger partial charge in [0.15, 0.2) is 0 Å². The van der Waals surface area contributed by atoms with Crippen molar-refractivity contribution >= 4 is 79.8 Å². The van der Waals surface area contributed by atoms with Gasteiger partial charge in [-0.15, -0.1) is 0 Å². The Morgan fingerprint density at radius 2 is 1.60 bits per heavy atom. The van der Waals surface area contributed by atoms with E-state index in [9.17, 15) is 13.2 Å². The summed E-state index contributed by atoms with van der Waals surface area (Å²) in [6.45, 7) is 0.439. The molecule has 1 amide bonds. The maximum absolute atomic E-state index is 12.5. The van der Waals surface area contributed by atoms with Gasteiger partial charge in [-0.1, -0.05) is 58.5 Å². The number of anilines is 1. The summed E-state index contributed by atoms with van der Waals surface area (Å²) in [6, 6.07) is 16.7. The summed E-state index contributed by atoms with van der Waals surface area (Å²) in [4.78, 5) is 12.5. The van der Waals surface area contributed by atoms with E-state index in [1.165, 1.54) is 4.31 Å². The van der Waals surface area contributed by atoms with Crippen molar-refractivity contribution in [3.05, 3.63) is 97.4 Å². The van der Waals surface area contributed by atoms with E-state index in [-0.39, 0.29) is 12.5 Å². The van der Waals surface area contributed by atoms with Crippen LogP contribution in [-0.2, 0) is 22.3 Å². The van der Waals surface area contributed by atoms with E-state index in [4.69, 9.17) is 46.4 Å². The number of nitrogens with zero attached hydrogens (tertiary/aromatic N) is 1. The first-order chi connectivity index (χ1) is 16.6. The first-order valence-electron chi connectivity index (χ1n) is 10.4. The molecule has 0 aliphatic rings. The summed E-state index contributed by atoms with van der Waals surface area (Å²) < 4.78 is 26.1. The normalized spacial score (nSPS) is 11.3. The molecule has 5 nitrogen and oxygen atoms in total. The quantitative estimate of drug-likeness (QED) is 0.260. The van der Waals surface area contributed by atoms with E-state index in [0.29, 0.717) is 55.0 Å². The van der Waals surface area contributed by atoms with Crippen LogP contribution in [0.25, 0.3) is 0 Å². The average Bonchev–Trinajstić information content (AvgIpc) is 2.79. The maximum Gasteiger partial charge on any atom is 0.251 e. The Bertz CT molecular complexity index is 1280. The van der Waals surface area contributed by atoms with Crippen LogP contribution in [0.15, 0.2) is 60.7 Å². The number of carbonyl (C=O) groups excluding carboxylic acids is 1. The number of sulfonamides is 1. The zero-order valence-electron chi connectivity index (χ0n) is 18.6. The standard InChI is InChI=1S/C24H22Cl4N2O3S2/c1-35(32,33)30(14-20-21(26)3-2-4-22(20)27)19-9-6-16(7-10-19)24(31)29-11-12-34-15-17-5-8-18(25)13-23(17)28/h2-10,13H,11-12,14-15H2,1H3,(H,29,31). The highest BCUT2D eigenvalue weighted by Crippen LogP contribution is 2.29. The molecule has 0 atom stereocenters. The van der Waals surface area contributed by atoms with Gasteiger partial charge in [-0.05, 0) is 54.1 Å². The minimum absolute atomic E-state index is 0.0300. The number of nitrogens with one attached hydrogen (secondary N) is 1. The molecule has 0 spiro atoms. The molecule has 1 N–H and O–H groups in total. The van der Waals surface area contributed by atoms with Gasteiger partial charge in [-0.3, -0.25) is 9.10 Å². The lowest BCUT2D eigenvalue weighted by atomic mass is 10.1. The van der Waals surface area contributed by atoms with Crippen LogP contribution in [0.1, 0.15) is 21.5 Å². The fourth-order valence-corrected chi connectivity index (χ4v) is 5.97. The van der Waals surface area contributed by atoms with Crippen molar-refractivity contribution in [1.29, 1.82) is 0 Å². The lowest BCUT2D eigenvalue weighted by Gasteiger charge is -2.23. The van der Waals surface area contributed by atoms with E-state index in [0.717, 1.165) is 11.8 Å². The van der Waals surface area contributed by atoms with Crippen LogP contribution in [0.5, 0.6) is 0 Å². The van der Waals surface area contributed by atoms with Crippen LogP contribution in [0, 0.1) is 0 Å². The molecule has 0 heterocycles. The lowest BCUT2D eigenvalue weighted by molar-refractivity contribution is 0.0956. The lowest BCUT2D eigenvalue weighted by Crippen LogP contribution is -2.30. The van der Waals surface area contributed by atoms with Crippen LogP contribution in [0.4, 0.5) is 5.69 Å². The second-order valence-corrected chi connectivity index (χ2v) is 12.2. The Labute approximate surface area is 229 Å². The van der Waals surface area contributed by atoms with Gasteiger partial charge in [0.1, 0.15) is 0 Å². The largest absolute Gasteiger partial charge is 0.351 e. The van der Waals surface area contributed by atoms with Crippen LogP contribution >= 0.6 is 58.2 Å². The molecule has 0 fully saturated rings. The first kappa shape index (κ1) is 28.0. The molecule has 0 aromatic heterocycles. The molecule has 3 aromatic rings. The van der Waals surface area contributed by atoms with Gasteiger partial charge < -0.3 is 5.32 Å². The molecule has 0 bridgehead atoms. The Morgan fingerprint density at radius 1 is 0.943 bits per heavy atom. The molecular weight excluding hydrogens is 570 g/mol. The summed E-state index contributed by atoms with van der Waals surface area (Å²) in [5.74, 6) is 1.15. The second-order valence-electron chi connectivity index (χ2n) is 7.56. The second kappa shape index (κ2) is 12.6. The molecular formula is C24H22Cl4N2O3S2. The summed E-state index contributed by atoms with van der Waals surface area (Å²) in [5.41, 5.74) is 2.30. The predicted octanol–water partition coefficient (Wildman–Crippen LogP) is 6.93. The number of halogens is 4. The van der Waals surface area contributed by atoms with Crippen molar-refractivity contribution < 1.29 is 13.2 Å². The number of amides is 1. The Balaban J connectivity index is 1.58. The molecule has 3 aromatic carbocycles. The highest BCUT2D eigenvalue weighted by Gasteiger charge is 2.21. The van der Waals surface area contributed by atoms with Crippen molar-refractivity contribution in [1.82, 2.24) is 5.32 Å². The van der Waals surface area contributed by atoms with Gasteiger partial charge >= 0.3 is 0 Å². The van der Waals surface area contributed by atoms with E-state index >= 15 is 0 Å². The number of benzene rings is 3. The van der Waals surface area contributed by atoms with Crippen molar-refractivity contribution in [2.24, 2.45) is 0 Å². The molecule has 0 aliphatic heterocycles. The number of thioether (sulfide) groups is 1. The van der Waals surface area contributed by atoms with E-state index in [1.807, 2.05) is 6.07 Å². The van der Waals surface area contributed by atoms with Gasteiger partial charge in [0.25, 0.3) is 5.91 Å². The fraction of sp³-hybridized carbons (Fsp3) is 0.208. The van der Waals surface area contributed by atoms with Crippen LogP contribution < -0.4 is 9.62 Å². The maximum atomic E-state index is 12.5. The van der Waals surface area contributed by atoms with E-state index < -0.39 is 10.0 Å². The predicted molar refractivity (Wildman–Crippen MR) is 149 cm³/mol. The van der Waals surface area contributed by atoms with Gasteiger partial charge in [0.2, 0.25) is 10.0 Å². The number of hydrogen-bond donors (Lipinski definition) is 1.